The number of rotatable bonds is 3. The number of amides is 1. The molecule has 0 spiro atoms. The van der Waals surface area contributed by atoms with Crippen LogP contribution in [-0.2, 0) is 0 Å². The molecule has 6 heteroatoms. The number of furan rings is 1. The van der Waals surface area contributed by atoms with E-state index in [9.17, 15) is 4.79 Å². The van der Waals surface area contributed by atoms with Gasteiger partial charge in [0.15, 0.2) is 10.9 Å². The van der Waals surface area contributed by atoms with Gasteiger partial charge < -0.3 is 9.73 Å². The van der Waals surface area contributed by atoms with Crippen LogP contribution in [0.2, 0.25) is 5.02 Å². The van der Waals surface area contributed by atoms with Gasteiger partial charge in [-0.1, -0.05) is 41.4 Å². The van der Waals surface area contributed by atoms with Gasteiger partial charge in [-0.2, -0.15) is 0 Å². The normalized spacial score (nSPS) is 10.3. The van der Waals surface area contributed by atoms with Crippen LogP contribution in [0.5, 0.6) is 0 Å². The molecule has 3 rings (SSSR count). The fourth-order valence-electron chi connectivity index (χ4n) is 2.23. The third-order valence-corrected chi connectivity index (χ3v) is 4.04. The monoisotopic (exact) mass is 370 g/mol. The molecule has 1 heterocycles. The molecule has 0 aliphatic carbocycles. The van der Waals surface area contributed by atoms with E-state index in [1.54, 1.807) is 18.2 Å². The van der Waals surface area contributed by atoms with E-state index in [0.29, 0.717) is 10.8 Å². The molecule has 0 atom stereocenters. The minimum atomic E-state index is -0.428. The number of hydrogen-bond acceptors (Lipinski definition) is 3. The van der Waals surface area contributed by atoms with Gasteiger partial charge in [-0.25, -0.2) is 0 Å². The molecule has 2 N–H and O–H groups in total. The van der Waals surface area contributed by atoms with Gasteiger partial charge in [0.1, 0.15) is 5.76 Å². The Morgan fingerprint density at radius 2 is 1.76 bits per heavy atom. The summed E-state index contributed by atoms with van der Waals surface area (Å²) in [5.74, 6) is 0.249. The Morgan fingerprint density at radius 1 is 1.04 bits per heavy atom. The van der Waals surface area contributed by atoms with Crippen molar-refractivity contribution in [2.45, 2.75) is 6.92 Å². The molecule has 0 saturated carbocycles. The highest BCUT2D eigenvalue weighted by atomic mass is 35.5. The maximum Gasteiger partial charge on any atom is 0.293 e. The predicted octanol–water partition coefficient (Wildman–Crippen LogP) is 5.04. The molecule has 25 heavy (non-hydrogen) atoms. The molecule has 1 amide bonds. The minimum Gasteiger partial charge on any atom is -0.451 e. The lowest BCUT2D eigenvalue weighted by atomic mass is 10.2. The standard InChI is InChI=1S/C19H15ClN2O2S/c1-12-6-8-13(9-7-12)21-19(25)22-18(23)17-11-10-16(24-17)14-4-2-3-5-15(14)20/h2-11H,1H3,(H2,21,22,23,25). The van der Waals surface area contributed by atoms with E-state index >= 15 is 0 Å². The summed E-state index contributed by atoms with van der Waals surface area (Å²) in [6, 6.07) is 18.2. The van der Waals surface area contributed by atoms with Gasteiger partial charge >= 0.3 is 0 Å². The molecule has 0 saturated heterocycles. The zero-order valence-corrected chi connectivity index (χ0v) is 14.9. The summed E-state index contributed by atoms with van der Waals surface area (Å²) in [6.45, 7) is 2.00. The summed E-state index contributed by atoms with van der Waals surface area (Å²) >= 11 is 11.3. The van der Waals surface area contributed by atoms with Crippen LogP contribution in [0.15, 0.2) is 65.1 Å². The van der Waals surface area contributed by atoms with Crippen molar-refractivity contribution in [3.8, 4) is 11.3 Å². The largest absolute Gasteiger partial charge is 0.451 e. The number of carbonyl (C=O) groups excluding carboxylic acids is 1. The van der Waals surface area contributed by atoms with E-state index < -0.39 is 5.91 Å². The average Bonchev–Trinajstić information content (AvgIpc) is 3.07. The first-order valence-corrected chi connectivity index (χ1v) is 8.35. The maximum atomic E-state index is 12.3. The lowest BCUT2D eigenvalue weighted by Crippen LogP contribution is -2.33. The fraction of sp³-hybridized carbons (Fsp3) is 0.0526. The zero-order valence-electron chi connectivity index (χ0n) is 13.4. The van der Waals surface area contributed by atoms with Crippen LogP contribution in [0.25, 0.3) is 11.3 Å². The van der Waals surface area contributed by atoms with E-state index in [2.05, 4.69) is 10.6 Å². The third-order valence-electron chi connectivity index (χ3n) is 3.51. The molecule has 126 valence electrons. The van der Waals surface area contributed by atoms with Crippen molar-refractivity contribution in [1.82, 2.24) is 5.32 Å². The first-order chi connectivity index (χ1) is 12.0. The molecule has 2 aromatic carbocycles. The van der Waals surface area contributed by atoms with Gasteiger partial charge in [0.2, 0.25) is 0 Å². The van der Waals surface area contributed by atoms with Gasteiger partial charge in [-0.05, 0) is 55.5 Å². The van der Waals surface area contributed by atoms with E-state index in [0.717, 1.165) is 16.8 Å². The van der Waals surface area contributed by atoms with Crippen LogP contribution in [0, 0.1) is 6.92 Å². The van der Waals surface area contributed by atoms with Crippen molar-refractivity contribution in [2.24, 2.45) is 0 Å². The highest BCUT2D eigenvalue weighted by molar-refractivity contribution is 7.80. The Kier molecular flexibility index (Phi) is 5.16. The first kappa shape index (κ1) is 17.2. The smallest absolute Gasteiger partial charge is 0.293 e. The number of carbonyl (C=O) groups is 1. The van der Waals surface area contributed by atoms with Crippen LogP contribution < -0.4 is 10.6 Å². The van der Waals surface area contributed by atoms with Crippen molar-refractivity contribution in [2.75, 3.05) is 5.32 Å². The second-order valence-electron chi connectivity index (χ2n) is 5.42. The number of aryl methyl sites for hydroxylation is 1. The third kappa shape index (κ3) is 4.26. The number of anilines is 1. The molecule has 0 radical (unpaired) electrons. The van der Waals surface area contributed by atoms with Crippen LogP contribution >= 0.6 is 23.8 Å². The molecule has 3 aromatic rings. The van der Waals surface area contributed by atoms with E-state index in [1.165, 1.54) is 0 Å². The Bertz CT molecular complexity index is 919. The van der Waals surface area contributed by atoms with Crippen molar-refractivity contribution in [1.29, 1.82) is 0 Å². The van der Waals surface area contributed by atoms with Gasteiger partial charge in [-0.15, -0.1) is 0 Å². The lowest BCUT2D eigenvalue weighted by molar-refractivity contribution is 0.0951. The number of nitrogens with one attached hydrogen (secondary N) is 2. The summed E-state index contributed by atoms with van der Waals surface area (Å²) in [5.41, 5.74) is 2.67. The summed E-state index contributed by atoms with van der Waals surface area (Å²) < 4.78 is 5.60. The molecule has 0 unspecified atom stereocenters. The summed E-state index contributed by atoms with van der Waals surface area (Å²) in [5, 5.41) is 6.30. The van der Waals surface area contributed by atoms with Gasteiger partial charge in [-0.3, -0.25) is 10.1 Å². The Morgan fingerprint density at radius 3 is 2.48 bits per heavy atom. The number of halogens is 1. The highest BCUT2D eigenvalue weighted by Crippen LogP contribution is 2.28. The molecule has 0 bridgehead atoms. The van der Waals surface area contributed by atoms with Crippen molar-refractivity contribution < 1.29 is 9.21 Å². The molecule has 1 aromatic heterocycles. The quantitative estimate of drug-likeness (QED) is 0.634. The number of thiocarbonyl (C=S) groups is 1. The van der Waals surface area contributed by atoms with Crippen LogP contribution in [0.1, 0.15) is 16.1 Å². The summed E-state index contributed by atoms with van der Waals surface area (Å²) in [7, 11) is 0. The van der Waals surface area contributed by atoms with Crippen LogP contribution in [0.4, 0.5) is 5.69 Å². The molecular weight excluding hydrogens is 356 g/mol. The molecular formula is C19H15ClN2O2S. The maximum absolute atomic E-state index is 12.3. The van der Waals surface area contributed by atoms with Crippen molar-refractivity contribution in [3.05, 3.63) is 77.0 Å². The van der Waals surface area contributed by atoms with E-state index in [-0.39, 0.29) is 10.9 Å². The fourth-order valence-corrected chi connectivity index (χ4v) is 2.67. The number of benzene rings is 2. The zero-order chi connectivity index (χ0) is 17.8. The van der Waals surface area contributed by atoms with Crippen molar-refractivity contribution in [3.63, 3.8) is 0 Å². The highest BCUT2D eigenvalue weighted by Gasteiger charge is 2.15. The average molecular weight is 371 g/mol. The Hall–Kier alpha value is -2.63. The van der Waals surface area contributed by atoms with E-state index in [1.807, 2.05) is 49.4 Å². The molecule has 0 fully saturated rings. The summed E-state index contributed by atoms with van der Waals surface area (Å²) in [6.07, 6.45) is 0. The molecule has 0 aliphatic heterocycles. The topological polar surface area (TPSA) is 54.3 Å². The predicted molar refractivity (Wildman–Crippen MR) is 104 cm³/mol. The minimum absolute atomic E-state index is 0.156. The molecule has 4 nitrogen and oxygen atoms in total. The van der Waals surface area contributed by atoms with Crippen LogP contribution in [-0.4, -0.2) is 11.0 Å². The lowest BCUT2D eigenvalue weighted by Gasteiger charge is -2.08. The van der Waals surface area contributed by atoms with Gasteiger partial charge in [0.25, 0.3) is 5.91 Å². The van der Waals surface area contributed by atoms with Gasteiger partial charge in [0, 0.05) is 11.3 Å². The summed E-state index contributed by atoms with van der Waals surface area (Å²) in [4.78, 5) is 12.3. The van der Waals surface area contributed by atoms with E-state index in [4.69, 9.17) is 28.2 Å². The second kappa shape index (κ2) is 7.51. The van der Waals surface area contributed by atoms with Gasteiger partial charge in [0.05, 0.1) is 5.02 Å². The molecule has 0 aliphatic rings. The Balaban J connectivity index is 1.66. The number of hydrogen-bond donors (Lipinski definition) is 2. The second-order valence-corrected chi connectivity index (χ2v) is 6.23. The first-order valence-electron chi connectivity index (χ1n) is 7.56. The Labute approximate surface area is 155 Å². The van der Waals surface area contributed by atoms with Crippen LogP contribution in [0.3, 0.4) is 0 Å². The SMILES string of the molecule is Cc1ccc(NC(=S)NC(=O)c2ccc(-c3ccccc3Cl)o2)cc1. The van der Waals surface area contributed by atoms with Crippen molar-refractivity contribution >= 4 is 40.5 Å².